The van der Waals surface area contributed by atoms with Crippen LogP contribution in [0.5, 0.6) is 0 Å². The first kappa shape index (κ1) is 24.2. The fourth-order valence-corrected chi connectivity index (χ4v) is 3.84. The molecule has 0 aliphatic carbocycles. The van der Waals surface area contributed by atoms with Crippen molar-refractivity contribution in [3.63, 3.8) is 0 Å². The second-order valence-corrected chi connectivity index (χ2v) is 9.14. The Labute approximate surface area is 168 Å². The van der Waals surface area contributed by atoms with Crippen molar-refractivity contribution in [2.24, 2.45) is 4.99 Å². The average molecular weight is 490 g/mol. The van der Waals surface area contributed by atoms with Crippen molar-refractivity contribution in [2.75, 3.05) is 38.2 Å². The number of sulfone groups is 1. The number of aliphatic imine (C=N–C) groups is 1. The number of halogens is 1. The maximum atomic E-state index is 11.9. The molecular weight excluding hydrogens is 459 g/mol. The first-order valence-electron chi connectivity index (χ1n) is 8.22. The summed E-state index contributed by atoms with van der Waals surface area (Å²) in [6, 6.07) is -0.114. The van der Waals surface area contributed by atoms with Crippen LogP contribution < -0.4 is 10.6 Å². The Hall–Kier alpha value is -0.780. The van der Waals surface area contributed by atoms with E-state index in [0.29, 0.717) is 32.0 Å². The van der Waals surface area contributed by atoms with E-state index in [1.165, 1.54) is 4.90 Å². The molecule has 1 heterocycles. The lowest BCUT2D eigenvalue weighted by molar-refractivity contribution is 0.0304. The van der Waals surface area contributed by atoms with Crippen molar-refractivity contribution in [1.82, 2.24) is 15.5 Å². The normalized spacial score (nSPS) is 19.7. The molecule has 1 fully saturated rings. The minimum atomic E-state index is -2.93. The molecule has 0 aromatic rings. The first-order valence-corrected chi connectivity index (χ1v) is 10.0. The third-order valence-corrected chi connectivity index (χ3v) is 5.10. The second-order valence-electron chi connectivity index (χ2n) is 6.91. The lowest BCUT2D eigenvalue weighted by Gasteiger charge is -2.24. The van der Waals surface area contributed by atoms with Crippen molar-refractivity contribution in [2.45, 2.75) is 45.8 Å². The van der Waals surface area contributed by atoms with Gasteiger partial charge >= 0.3 is 6.09 Å². The van der Waals surface area contributed by atoms with E-state index in [-0.39, 0.29) is 41.5 Å². The number of rotatable bonds is 5. The van der Waals surface area contributed by atoms with E-state index >= 15 is 0 Å². The van der Waals surface area contributed by atoms with E-state index in [0.717, 1.165) is 0 Å². The molecule has 0 bridgehead atoms. The summed E-state index contributed by atoms with van der Waals surface area (Å²) >= 11 is 0. The number of ether oxygens (including phenoxy) is 1. The number of carbonyl (C=O) groups is 1. The molecule has 0 spiro atoms. The number of hydrogen-bond donors (Lipinski definition) is 2. The zero-order chi connectivity index (χ0) is 18.4. The molecule has 0 radical (unpaired) electrons. The van der Waals surface area contributed by atoms with E-state index in [1.807, 2.05) is 27.7 Å². The molecule has 1 amide bonds. The Balaban J connectivity index is 0.00000576. The third-order valence-electron chi connectivity index (χ3n) is 3.33. The van der Waals surface area contributed by atoms with Crippen molar-refractivity contribution in [1.29, 1.82) is 0 Å². The third kappa shape index (κ3) is 10.1. The van der Waals surface area contributed by atoms with Gasteiger partial charge in [0.2, 0.25) is 0 Å². The monoisotopic (exact) mass is 490 g/mol. The Morgan fingerprint density at radius 1 is 1.36 bits per heavy atom. The van der Waals surface area contributed by atoms with Crippen molar-refractivity contribution >= 4 is 45.9 Å². The Morgan fingerprint density at radius 2 is 2.00 bits per heavy atom. The van der Waals surface area contributed by atoms with Crippen LogP contribution in [0.4, 0.5) is 4.79 Å². The predicted molar refractivity (Wildman–Crippen MR) is 110 cm³/mol. The second kappa shape index (κ2) is 10.4. The van der Waals surface area contributed by atoms with E-state index in [9.17, 15) is 13.2 Å². The summed E-state index contributed by atoms with van der Waals surface area (Å²) in [6.45, 7) is 8.88. The van der Waals surface area contributed by atoms with E-state index in [2.05, 4.69) is 15.6 Å². The minimum Gasteiger partial charge on any atom is -0.444 e. The van der Waals surface area contributed by atoms with Crippen LogP contribution in [-0.2, 0) is 14.6 Å². The van der Waals surface area contributed by atoms with Crippen LogP contribution in [0.25, 0.3) is 0 Å². The summed E-state index contributed by atoms with van der Waals surface area (Å²) in [4.78, 5) is 17.7. The first-order chi connectivity index (χ1) is 11.0. The molecule has 2 N–H and O–H groups in total. The van der Waals surface area contributed by atoms with Crippen LogP contribution in [0.15, 0.2) is 4.99 Å². The number of nitrogens with zero attached hydrogens (tertiary/aromatic N) is 2. The number of carbonyl (C=O) groups excluding carboxylic acids is 1. The lowest BCUT2D eigenvalue weighted by Crippen LogP contribution is -2.44. The molecule has 25 heavy (non-hydrogen) atoms. The van der Waals surface area contributed by atoms with Gasteiger partial charge in [0.15, 0.2) is 15.8 Å². The van der Waals surface area contributed by atoms with Gasteiger partial charge in [-0.25, -0.2) is 13.2 Å². The quantitative estimate of drug-likeness (QED) is 0.342. The van der Waals surface area contributed by atoms with Crippen LogP contribution in [0, 0.1) is 0 Å². The fraction of sp³-hybridized carbons (Fsp3) is 0.867. The number of likely N-dealkylation sites (N-methyl/N-ethyl adjacent to an activating group) is 1. The van der Waals surface area contributed by atoms with Gasteiger partial charge in [0.05, 0.1) is 18.1 Å². The van der Waals surface area contributed by atoms with E-state index in [1.54, 1.807) is 7.05 Å². The Morgan fingerprint density at radius 3 is 2.48 bits per heavy atom. The Bertz CT molecular complexity index is 560. The largest absolute Gasteiger partial charge is 0.444 e. The van der Waals surface area contributed by atoms with Crippen LogP contribution >= 0.6 is 24.0 Å². The molecule has 1 rings (SSSR count). The molecule has 10 heteroatoms. The summed E-state index contributed by atoms with van der Waals surface area (Å²) < 4.78 is 28.3. The predicted octanol–water partition coefficient (Wildman–Crippen LogP) is 1.21. The zero-order valence-corrected chi connectivity index (χ0v) is 18.8. The molecular formula is C15H31IN4O4S. The smallest absolute Gasteiger partial charge is 0.410 e. The summed E-state index contributed by atoms with van der Waals surface area (Å²) in [5, 5.41) is 6.23. The molecule has 0 aromatic carbocycles. The highest BCUT2D eigenvalue weighted by Crippen LogP contribution is 2.11. The molecule has 1 aliphatic heterocycles. The molecule has 0 aromatic heterocycles. The maximum absolute atomic E-state index is 11.9. The number of amides is 1. The van der Waals surface area contributed by atoms with Gasteiger partial charge in [-0.2, -0.15) is 0 Å². The molecule has 1 aliphatic rings. The fourth-order valence-electron chi connectivity index (χ4n) is 2.17. The highest BCUT2D eigenvalue weighted by atomic mass is 127. The van der Waals surface area contributed by atoms with Gasteiger partial charge in [-0.15, -0.1) is 24.0 Å². The molecule has 1 unspecified atom stereocenters. The van der Waals surface area contributed by atoms with Crippen molar-refractivity contribution in [3.05, 3.63) is 0 Å². The number of guanidine groups is 1. The minimum absolute atomic E-state index is 0. The van der Waals surface area contributed by atoms with Gasteiger partial charge in [-0.1, -0.05) is 0 Å². The SMILES string of the molecule is CCNC(=NCCN(C)C(=O)OC(C)(C)C)NC1CCS(=O)(=O)C1.I. The van der Waals surface area contributed by atoms with Crippen LogP contribution in [0.1, 0.15) is 34.1 Å². The van der Waals surface area contributed by atoms with E-state index in [4.69, 9.17) is 4.74 Å². The van der Waals surface area contributed by atoms with Crippen molar-refractivity contribution < 1.29 is 17.9 Å². The van der Waals surface area contributed by atoms with Gasteiger partial charge in [0.25, 0.3) is 0 Å². The standard InChI is InChI=1S/C15H30N4O4S.HI/c1-6-16-13(18-12-7-10-24(21,22)11-12)17-8-9-19(5)14(20)23-15(2,3)4;/h12H,6-11H2,1-5H3,(H2,16,17,18);1H. The highest BCUT2D eigenvalue weighted by Gasteiger charge is 2.28. The van der Waals surface area contributed by atoms with Gasteiger partial charge in [0.1, 0.15) is 5.60 Å². The number of nitrogens with one attached hydrogen (secondary N) is 2. The Kier molecular flexibility index (Phi) is 10.1. The van der Waals surface area contributed by atoms with E-state index < -0.39 is 21.5 Å². The lowest BCUT2D eigenvalue weighted by atomic mass is 10.2. The number of hydrogen-bond acceptors (Lipinski definition) is 5. The maximum Gasteiger partial charge on any atom is 0.410 e. The highest BCUT2D eigenvalue weighted by molar-refractivity contribution is 14.0. The van der Waals surface area contributed by atoms with Crippen LogP contribution in [-0.4, -0.2) is 75.2 Å². The summed E-state index contributed by atoms with van der Waals surface area (Å²) in [5.74, 6) is 0.915. The van der Waals surface area contributed by atoms with Gasteiger partial charge < -0.3 is 20.3 Å². The van der Waals surface area contributed by atoms with Gasteiger partial charge in [0, 0.05) is 26.2 Å². The summed E-state index contributed by atoms with van der Waals surface area (Å²) in [6.07, 6.45) is 0.197. The van der Waals surface area contributed by atoms with Crippen LogP contribution in [0.3, 0.4) is 0 Å². The van der Waals surface area contributed by atoms with Crippen LogP contribution in [0.2, 0.25) is 0 Å². The summed E-state index contributed by atoms with van der Waals surface area (Å²) in [5.41, 5.74) is -0.529. The topological polar surface area (TPSA) is 100 Å². The van der Waals surface area contributed by atoms with Crippen molar-refractivity contribution in [3.8, 4) is 0 Å². The summed E-state index contributed by atoms with van der Waals surface area (Å²) in [7, 11) is -1.27. The molecule has 8 nitrogen and oxygen atoms in total. The molecule has 1 saturated heterocycles. The van der Waals surface area contributed by atoms with Gasteiger partial charge in [-0.05, 0) is 34.1 Å². The average Bonchev–Trinajstić information content (AvgIpc) is 2.76. The molecule has 148 valence electrons. The molecule has 0 saturated carbocycles. The van der Waals surface area contributed by atoms with Gasteiger partial charge in [-0.3, -0.25) is 4.99 Å². The zero-order valence-electron chi connectivity index (χ0n) is 15.7. The molecule has 1 atom stereocenters.